The minimum Gasteiger partial charge on any atom is -0.382 e. The van der Waals surface area contributed by atoms with Crippen LogP contribution in [0.25, 0.3) is 17.1 Å². The second-order valence-corrected chi connectivity index (χ2v) is 8.89. The van der Waals surface area contributed by atoms with Gasteiger partial charge in [0, 0.05) is 10.6 Å². The molecule has 3 N–H and O–H groups in total. The van der Waals surface area contributed by atoms with E-state index in [4.69, 9.17) is 40.5 Å². The van der Waals surface area contributed by atoms with E-state index in [9.17, 15) is 27.9 Å². The summed E-state index contributed by atoms with van der Waals surface area (Å²) < 4.78 is 41.6. The molecule has 1 amide bonds. The molecule has 0 unspecified atom stereocenters. The summed E-state index contributed by atoms with van der Waals surface area (Å²) in [4.78, 5) is 29.1. The predicted octanol–water partition coefficient (Wildman–Crippen LogP) is 3.32. The summed E-state index contributed by atoms with van der Waals surface area (Å²) in [7, 11) is 0. The molecule has 16 heteroatoms. The Morgan fingerprint density at radius 1 is 1.05 bits per heavy atom. The van der Waals surface area contributed by atoms with Gasteiger partial charge in [0.2, 0.25) is 5.82 Å². The molecule has 0 aliphatic carbocycles. The molecule has 2 heterocycles. The number of carbonyl (C=O) groups is 1. The molecule has 2 aromatic heterocycles. The lowest BCUT2D eigenvalue weighted by Gasteiger charge is -2.15. The quantitative estimate of drug-likeness (QED) is 0.347. The van der Waals surface area contributed by atoms with Crippen LogP contribution in [0.3, 0.4) is 0 Å². The number of para-hydroxylation sites is 1. The van der Waals surface area contributed by atoms with Gasteiger partial charge in [0.05, 0.1) is 16.6 Å². The van der Waals surface area contributed by atoms with Crippen molar-refractivity contribution in [2.75, 3.05) is 0 Å². The van der Waals surface area contributed by atoms with Crippen molar-refractivity contribution in [2.24, 2.45) is 5.73 Å². The lowest BCUT2D eigenvalue weighted by molar-refractivity contribution is -0.207. The number of carbonyl (C=O) groups excluding carboxylic acids is 1. The monoisotopic (exact) mass is 575 g/mol. The topological polar surface area (TPSA) is 134 Å². The summed E-state index contributed by atoms with van der Waals surface area (Å²) in [6.07, 6.45) is -7.82. The largest absolute Gasteiger partial charge is 0.416 e. The van der Waals surface area contributed by atoms with Crippen molar-refractivity contribution < 1.29 is 23.1 Å². The fourth-order valence-corrected chi connectivity index (χ4v) is 4.04. The fraction of sp³-hybridized carbons (Fsp3) is 0.190. The van der Waals surface area contributed by atoms with Crippen LogP contribution in [0, 0.1) is 0 Å². The number of aromatic nitrogens is 6. The molecule has 194 valence electrons. The molecule has 4 aromatic rings. The Morgan fingerprint density at radius 2 is 1.68 bits per heavy atom. The number of primary amides is 1. The maximum Gasteiger partial charge on any atom is 0.416 e. The minimum atomic E-state index is -4.98. The zero-order valence-electron chi connectivity index (χ0n) is 18.3. The molecule has 0 bridgehead atoms. The zero-order chi connectivity index (χ0) is 27.1. The van der Waals surface area contributed by atoms with Crippen molar-refractivity contribution >= 4 is 40.7 Å². The molecule has 0 aliphatic heterocycles. The molecule has 1 atom stereocenters. The molecule has 0 aliphatic rings. The first kappa shape index (κ1) is 26.7. The van der Waals surface area contributed by atoms with Crippen LogP contribution < -0.4 is 11.4 Å². The van der Waals surface area contributed by atoms with Gasteiger partial charge in [-0.3, -0.25) is 9.36 Å². The van der Waals surface area contributed by atoms with E-state index >= 15 is 0 Å². The van der Waals surface area contributed by atoms with Gasteiger partial charge < -0.3 is 10.8 Å². The maximum atomic E-state index is 13.1. The highest BCUT2D eigenvalue weighted by atomic mass is 35.5. The number of aliphatic hydroxyl groups is 1. The molecule has 2 aromatic carbocycles. The molecule has 10 nitrogen and oxygen atoms in total. The summed E-state index contributed by atoms with van der Waals surface area (Å²) in [6.45, 7) is -1.59. The van der Waals surface area contributed by atoms with Crippen LogP contribution in [0.1, 0.15) is 16.4 Å². The second kappa shape index (κ2) is 10.2. The van der Waals surface area contributed by atoms with Crippen LogP contribution in [0.15, 0.2) is 47.3 Å². The predicted molar refractivity (Wildman–Crippen MR) is 128 cm³/mol. The van der Waals surface area contributed by atoms with Crippen molar-refractivity contribution in [3.8, 4) is 17.1 Å². The van der Waals surface area contributed by atoms with E-state index in [1.807, 2.05) is 0 Å². The molecule has 0 saturated carbocycles. The smallest absolute Gasteiger partial charge is 0.382 e. The van der Waals surface area contributed by atoms with Gasteiger partial charge in [-0.15, -0.1) is 10.2 Å². The van der Waals surface area contributed by atoms with Crippen molar-refractivity contribution in [2.45, 2.75) is 25.4 Å². The number of nitrogens with two attached hydrogens (primary N) is 1. The van der Waals surface area contributed by atoms with Gasteiger partial charge in [-0.1, -0.05) is 40.9 Å². The average molecular weight is 577 g/mol. The SMILES string of the molecule is NC(=O)c1nc(Cn2nc(-c3ccc(Cl)cc3)n(C[C@H](O)C(F)(F)F)c2=O)nn1-c1c(Cl)cccc1Cl. The van der Waals surface area contributed by atoms with E-state index in [1.54, 1.807) is 6.07 Å². The first-order valence-corrected chi connectivity index (χ1v) is 11.4. The highest BCUT2D eigenvalue weighted by molar-refractivity contribution is 6.37. The van der Waals surface area contributed by atoms with Gasteiger partial charge >= 0.3 is 11.9 Å². The van der Waals surface area contributed by atoms with Crippen LogP contribution >= 0.6 is 34.8 Å². The summed E-state index contributed by atoms with van der Waals surface area (Å²) in [5.41, 5.74) is 4.78. The van der Waals surface area contributed by atoms with Gasteiger partial charge in [0.1, 0.15) is 12.2 Å². The van der Waals surface area contributed by atoms with Gasteiger partial charge in [-0.05, 0) is 36.4 Å². The Kier molecular flexibility index (Phi) is 7.33. The first-order chi connectivity index (χ1) is 17.4. The van der Waals surface area contributed by atoms with Crippen LogP contribution in [0.2, 0.25) is 15.1 Å². The van der Waals surface area contributed by atoms with E-state index < -0.39 is 37.0 Å². The lowest BCUT2D eigenvalue weighted by atomic mass is 10.2. The molecule has 37 heavy (non-hydrogen) atoms. The summed E-state index contributed by atoms with van der Waals surface area (Å²) in [5, 5.41) is 18.5. The normalized spacial score (nSPS) is 12.6. The number of hydrogen-bond donors (Lipinski definition) is 2. The number of amides is 1. The van der Waals surface area contributed by atoms with Crippen LogP contribution in [0.5, 0.6) is 0 Å². The first-order valence-electron chi connectivity index (χ1n) is 10.2. The van der Waals surface area contributed by atoms with Crippen molar-refractivity contribution in [1.82, 2.24) is 29.1 Å². The Labute approximate surface area is 220 Å². The third-order valence-corrected chi connectivity index (χ3v) is 5.93. The van der Waals surface area contributed by atoms with Crippen molar-refractivity contribution in [1.29, 1.82) is 0 Å². The van der Waals surface area contributed by atoms with E-state index in [1.165, 1.54) is 36.4 Å². The number of rotatable bonds is 7. The van der Waals surface area contributed by atoms with Crippen LogP contribution in [-0.2, 0) is 13.1 Å². The zero-order valence-corrected chi connectivity index (χ0v) is 20.6. The van der Waals surface area contributed by atoms with E-state index in [2.05, 4.69) is 15.2 Å². The summed E-state index contributed by atoms with van der Waals surface area (Å²) >= 11 is 18.3. The Hall–Kier alpha value is -3.39. The molecule has 0 radical (unpaired) electrons. The van der Waals surface area contributed by atoms with E-state index in [0.717, 1.165) is 9.36 Å². The van der Waals surface area contributed by atoms with Crippen LogP contribution in [-0.4, -0.2) is 52.4 Å². The summed E-state index contributed by atoms with van der Waals surface area (Å²) in [6, 6.07) is 10.4. The highest BCUT2D eigenvalue weighted by Crippen LogP contribution is 2.29. The number of benzene rings is 2. The Balaban J connectivity index is 1.80. The Morgan fingerprint density at radius 3 is 2.24 bits per heavy atom. The number of alkyl halides is 3. The Bertz CT molecular complexity index is 1510. The molecular weight excluding hydrogens is 562 g/mol. The molecular formula is C21H15Cl3F3N7O3. The fourth-order valence-electron chi connectivity index (χ4n) is 3.36. The molecule has 0 spiro atoms. The molecule has 0 saturated heterocycles. The maximum absolute atomic E-state index is 13.1. The van der Waals surface area contributed by atoms with Gasteiger partial charge in [0.15, 0.2) is 17.8 Å². The third-order valence-electron chi connectivity index (χ3n) is 5.07. The summed E-state index contributed by atoms with van der Waals surface area (Å²) in [5.74, 6) is -1.66. The number of aliphatic hydroxyl groups excluding tert-OH is 1. The van der Waals surface area contributed by atoms with E-state index in [-0.39, 0.29) is 38.8 Å². The minimum absolute atomic E-state index is 0.103. The second-order valence-electron chi connectivity index (χ2n) is 7.64. The highest BCUT2D eigenvalue weighted by Gasteiger charge is 2.39. The molecule has 4 rings (SSSR count). The number of nitrogens with zero attached hydrogens (tertiary/aromatic N) is 6. The average Bonchev–Trinajstić information content (AvgIpc) is 3.36. The third kappa shape index (κ3) is 5.49. The lowest BCUT2D eigenvalue weighted by Crippen LogP contribution is -2.37. The van der Waals surface area contributed by atoms with Crippen molar-refractivity contribution in [3.63, 3.8) is 0 Å². The van der Waals surface area contributed by atoms with Crippen LogP contribution in [0.4, 0.5) is 13.2 Å². The van der Waals surface area contributed by atoms with Gasteiger partial charge in [-0.25, -0.2) is 19.1 Å². The number of halogens is 6. The van der Waals surface area contributed by atoms with Gasteiger partial charge in [-0.2, -0.15) is 13.2 Å². The standard InChI is InChI=1S/C21H15Cl3F3N7O3/c22-11-6-4-10(5-7-11)18-31-33(20(37)32(18)8-14(35)21(25,26)27)9-15-29-19(17(28)36)34(30-15)16-12(23)2-1-3-13(16)24/h1-7,14,35H,8-9H2,(H2,28,36)/t14-/m0/s1. The molecule has 0 fully saturated rings. The van der Waals surface area contributed by atoms with Crippen molar-refractivity contribution in [3.05, 3.63) is 79.7 Å². The number of hydrogen-bond acceptors (Lipinski definition) is 6. The van der Waals surface area contributed by atoms with E-state index in [0.29, 0.717) is 9.59 Å². The van der Waals surface area contributed by atoms with Gasteiger partial charge in [0.25, 0.3) is 5.91 Å².